The zero-order valence-corrected chi connectivity index (χ0v) is 10.7. The Morgan fingerprint density at radius 2 is 1.62 bits per heavy atom. The standard InChI is InChI=1S/C15H22O/c1-9-7-11(3)14(8-10(9)2)15(16)12(4)13-5-6-13/h7-8,12-13,15-16H,5-6H2,1-4H3. The first-order valence-corrected chi connectivity index (χ1v) is 6.26. The smallest absolute Gasteiger partial charge is 0.0820 e. The summed E-state index contributed by atoms with van der Waals surface area (Å²) in [5, 5.41) is 10.4. The van der Waals surface area contributed by atoms with E-state index < -0.39 is 0 Å². The highest BCUT2D eigenvalue weighted by molar-refractivity contribution is 5.37. The number of benzene rings is 1. The lowest BCUT2D eigenvalue weighted by molar-refractivity contribution is 0.105. The Morgan fingerprint density at radius 3 is 2.19 bits per heavy atom. The first-order valence-electron chi connectivity index (χ1n) is 6.26. The van der Waals surface area contributed by atoms with Gasteiger partial charge in [-0.3, -0.25) is 0 Å². The summed E-state index contributed by atoms with van der Waals surface area (Å²) in [4.78, 5) is 0. The fraction of sp³-hybridized carbons (Fsp3) is 0.600. The molecule has 0 bridgehead atoms. The van der Waals surface area contributed by atoms with Gasteiger partial charge in [-0.05, 0) is 67.7 Å². The third-order valence-corrected chi connectivity index (χ3v) is 4.06. The normalized spacial score (nSPS) is 19.6. The molecule has 1 aromatic carbocycles. The molecule has 0 aliphatic heterocycles. The highest BCUT2D eigenvalue weighted by Crippen LogP contribution is 2.43. The van der Waals surface area contributed by atoms with Crippen LogP contribution in [0.1, 0.15) is 48.1 Å². The summed E-state index contributed by atoms with van der Waals surface area (Å²) in [5.41, 5.74) is 4.95. The van der Waals surface area contributed by atoms with Gasteiger partial charge in [-0.25, -0.2) is 0 Å². The maximum atomic E-state index is 10.4. The van der Waals surface area contributed by atoms with Crippen LogP contribution < -0.4 is 0 Å². The van der Waals surface area contributed by atoms with Crippen molar-refractivity contribution in [2.75, 3.05) is 0 Å². The molecule has 1 N–H and O–H groups in total. The molecule has 0 saturated heterocycles. The minimum atomic E-state index is -0.285. The fourth-order valence-corrected chi connectivity index (χ4v) is 2.46. The molecule has 0 heterocycles. The summed E-state index contributed by atoms with van der Waals surface area (Å²) < 4.78 is 0. The van der Waals surface area contributed by atoms with E-state index in [0.29, 0.717) is 5.92 Å². The molecule has 1 heteroatoms. The Morgan fingerprint density at radius 1 is 1.06 bits per heavy atom. The lowest BCUT2D eigenvalue weighted by Gasteiger charge is -2.21. The summed E-state index contributed by atoms with van der Waals surface area (Å²) in [6.45, 7) is 8.52. The van der Waals surface area contributed by atoms with E-state index in [4.69, 9.17) is 0 Å². The molecule has 2 atom stereocenters. The van der Waals surface area contributed by atoms with Crippen molar-refractivity contribution in [2.24, 2.45) is 11.8 Å². The van der Waals surface area contributed by atoms with E-state index in [9.17, 15) is 5.11 Å². The van der Waals surface area contributed by atoms with Crippen LogP contribution in [0, 0.1) is 32.6 Å². The molecule has 1 aliphatic carbocycles. The van der Waals surface area contributed by atoms with E-state index in [0.717, 1.165) is 11.5 Å². The minimum Gasteiger partial charge on any atom is -0.388 e. The van der Waals surface area contributed by atoms with E-state index >= 15 is 0 Å². The van der Waals surface area contributed by atoms with Crippen LogP contribution in [-0.4, -0.2) is 5.11 Å². The predicted molar refractivity (Wildman–Crippen MR) is 67.5 cm³/mol. The molecule has 1 saturated carbocycles. The topological polar surface area (TPSA) is 20.2 Å². The molecule has 0 aromatic heterocycles. The third kappa shape index (κ3) is 2.15. The van der Waals surface area contributed by atoms with Gasteiger partial charge in [-0.2, -0.15) is 0 Å². The summed E-state index contributed by atoms with van der Waals surface area (Å²) in [7, 11) is 0. The SMILES string of the molecule is Cc1cc(C)c(C(O)C(C)C2CC2)cc1C. The second-order valence-corrected chi connectivity index (χ2v) is 5.43. The average Bonchev–Trinajstić information content (AvgIpc) is 3.05. The van der Waals surface area contributed by atoms with E-state index in [1.54, 1.807) is 0 Å². The Hall–Kier alpha value is -0.820. The van der Waals surface area contributed by atoms with E-state index in [1.807, 2.05) is 0 Å². The van der Waals surface area contributed by atoms with Crippen LogP contribution in [-0.2, 0) is 0 Å². The Kier molecular flexibility index (Phi) is 3.07. The van der Waals surface area contributed by atoms with Crippen molar-refractivity contribution < 1.29 is 5.11 Å². The van der Waals surface area contributed by atoms with Crippen LogP contribution in [0.25, 0.3) is 0 Å². The molecule has 2 unspecified atom stereocenters. The molecule has 1 nitrogen and oxygen atoms in total. The fourth-order valence-electron chi connectivity index (χ4n) is 2.46. The number of aliphatic hydroxyl groups excluding tert-OH is 1. The van der Waals surface area contributed by atoms with E-state index in [1.165, 1.54) is 29.5 Å². The molecule has 0 amide bonds. The number of hydrogen-bond donors (Lipinski definition) is 1. The van der Waals surface area contributed by atoms with Gasteiger partial charge in [0.25, 0.3) is 0 Å². The number of hydrogen-bond acceptors (Lipinski definition) is 1. The van der Waals surface area contributed by atoms with Crippen LogP contribution in [0.5, 0.6) is 0 Å². The van der Waals surface area contributed by atoms with Crippen molar-refractivity contribution in [3.05, 3.63) is 34.4 Å². The molecule has 0 radical (unpaired) electrons. The lowest BCUT2D eigenvalue weighted by Crippen LogP contribution is -2.12. The average molecular weight is 218 g/mol. The van der Waals surface area contributed by atoms with Crippen LogP contribution >= 0.6 is 0 Å². The Balaban J connectivity index is 2.28. The monoisotopic (exact) mass is 218 g/mol. The molecule has 16 heavy (non-hydrogen) atoms. The van der Waals surface area contributed by atoms with Crippen molar-refractivity contribution >= 4 is 0 Å². The first kappa shape index (κ1) is 11.7. The molecule has 2 rings (SSSR count). The van der Waals surface area contributed by atoms with Crippen LogP contribution in [0.3, 0.4) is 0 Å². The summed E-state index contributed by atoms with van der Waals surface area (Å²) in [6.07, 6.45) is 2.30. The molecular formula is C15H22O. The van der Waals surface area contributed by atoms with Gasteiger partial charge in [0.1, 0.15) is 0 Å². The maximum Gasteiger partial charge on any atom is 0.0820 e. The highest BCUT2D eigenvalue weighted by Gasteiger charge is 2.33. The molecule has 88 valence electrons. The van der Waals surface area contributed by atoms with Crippen LogP contribution in [0.4, 0.5) is 0 Å². The van der Waals surface area contributed by atoms with Crippen molar-refractivity contribution in [3.8, 4) is 0 Å². The zero-order chi connectivity index (χ0) is 11.9. The van der Waals surface area contributed by atoms with Gasteiger partial charge >= 0.3 is 0 Å². The van der Waals surface area contributed by atoms with Gasteiger partial charge in [0, 0.05) is 0 Å². The van der Waals surface area contributed by atoms with Crippen molar-refractivity contribution in [1.82, 2.24) is 0 Å². The maximum absolute atomic E-state index is 10.4. The molecule has 1 fully saturated rings. The highest BCUT2D eigenvalue weighted by atomic mass is 16.3. The summed E-state index contributed by atoms with van der Waals surface area (Å²) >= 11 is 0. The van der Waals surface area contributed by atoms with Gasteiger partial charge in [0.05, 0.1) is 6.10 Å². The second kappa shape index (κ2) is 4.21. The van der Waals surface area contributed by atoms with Crippen molar-refractivity contribution in [1.29, 1.82) is 0 Å². The van der Waals surface area contributed by atoms with Gasteiger partial charge < -0.3 is 5.11 Å². The summed E-state index contributed by atoms with van der Waals surface area (Å²) in [6, 6.07) is 4.35. The molecule has 1 aliphatic rings. The number of rotatable bonds is 3. The van der Waals surface area contributed by atoms with Crippen molar-refractivity contribution in [3.63, 3.8) is 0 Å². The predicted octanol–water partition coefficient (Wildman–Crippen LogP) is 3.69. The van der Waals surface area contributed by atoms with Gasteiger partial charge in [0.2, 0.25) is 0 Å². The van der Waals surface area contributed by atoms with E-state index in [2.05, 4.69) is 39.8 Å². The lowest BCUT2D eigenvalue weighted by atomic mass is 9.89. The molecular weight excluding hydrogens is 196 g/mol. The van der Waals surface area contributed by atoms with Crippen LogP contribution in [0.2, 0.25) is 0 Å². The van der Waals surface area contributed by atoms with Gasteiger partial charge in [0.15, 0.2) is 0 Å². The zero-order valence-electron chi connectivity index (χ0n) is 10.7. The largest absolute Gasteiger partial charge is 0.388 e. The second-order valence-electron chi connectivity index (χ2n) is 5.43. The Labute approximate surface area is 98.5 Å². The molecule has 1 aromatic rings. The number of aliphatic hydroxyl groups is 1. The quantitative estimate of drug-likeness (QED) is 0.820. The third-order valence-electron chi connectivity index (χ3n) is 4.06. The Bertz CT molecular complexity index is 391. The van der Waals surface area contributed by atoms with Crippen LogP contribution in [0.15, 0.2) is 12.1 Å². The summed E-state index contributed by atoms with van der Waals surface area (Å²) in [5.74, 6) is 1.15. The van der Waals surface area contributed by atoms with Gasteiger partial charge in [-0.1, -0.05) is 19.1 Å². The molecule has 0 spiro atoms. The minimum absolute atomic E-state index is 0.285. The first-order chi connectivity index (χ1) is 7.50. The van der Waals surface area contributed by atoms with Gasteiger partial charge in [-0.15, -0.1) is 0 Å². The number of aryl methyl sites for hydroxylation is 3. The van der Waals surface area contributed by atoms with Crippen molar-refractivity contribution in [2.45, 2.75) is 46.6 Å². The van der Waals surface area contributed by atoms with E-state index in [-0.39, 0.29) is 6.10 Å².